The van der Waals surface area contributed by atoms with E-state index in [4.69, 9.17) is 21.1 Å². The van der Waals surface area contributed by atoms with E-state index in [-0.39, 0.29) is 24.9 Å². The molecule has 6 N–H and O–H groups in total. The van der Waals surface area contributed by atoms with Crippen LogP contribution in [0.1, 0.15) is 0 Å². The Balaban J connectivity index is 2.03. The van der Waals surface area contributed by atoms with E-state index >= 15 is 0 Å². The summed E-state index contributed by atoms with van der Waals surface area (Å²) in [6.45, 7) is -1.43. The van der Waals surface area contributed by atoms with Gasteiger partial charge >= 0.3 is 5.69 Å². The minimum atomic E-state index is -6.05. The summed E-state index contributed by atoms with van der Waals surface area (Å²) in [5.41, 5.74) is 9.59. The van der Waals surface area contributed by atoms with E-state index in [0.717, 1.165) is 4.57 Å². The number of guanidine groups is 1. The third-order valence-electron chi connectivity index (χ3n) is 3.41. The van der Waals surface area contributed by atoms with Gasteiger partial charge in [0, 0.05) is 12.7 Å². The summed E-state index contributed by atoms with van der Waals surface area (Å²) < 4.78 is 50.0. The van der Waals surface area contributed by atoms with E-state index in [1.54, 1.807) is 0 Å². The van der Waals surface area contributed by atoms with Crippen LogP contribution in [0.5, 0.6) is 0 Å². The highest BCUT2D eigenvalue weighted by Crippen LogP contribution is 2.61. The number of nitrogens with two attached hydrogens (primary N) is 2. The highest BCUT2D eigenvalue weighted by Gasteiger charge is 2.30. The Bertz CT molecular complexity index is 1120. The van der Waals surface area contributed by atoms with E-state index in [2.05, 4.69) is 23.1 Å². The fourth-order valence-corrected chi connectivity index (χ4v) is 5.09. The Labute approximate surface area is 178 Å². The Morgan fingerprint density at radius 1 is 1.28 bits per heavy atom. The summed E-state index contributed by atoms with van der Waals surface area (Å²) in [7, 11) is -17.7. The zero-order valence-electron chi connectivity index (χ0n) is 15.6. The minimum absolute atomic E-state index is 0.0526. The van der Waals surface area contributed by atoms with E-state index < -0.39 is 53.2 Å². The molecule has 32 heavy (non-hydrogen) atoms. The SMILES string of the molecule is NC(N)=Nc1ccn(CC2COC(COP(=O)([O-])OP(=O)([O-])OP(=O)([O-])O)=C2O)c(=O)n1. The van der Waals surface area contributed by atoms with Gasteiger partial charge in [0.2, 0.25) is 0 Å². The van der Waals surface area contributed by atoms with Crippen LogP contribution in [-0.4, -0.2) is 38.7 Å². The molecule has 0 saturated carbocycles. The van der Waals surface area contributed by atoms with Crippen LogP contribution < -0.4 is 31.8 Å². The van der Waals surface area contributed by atoms with Gasteiger partial charge in [0.25, 0.3) is 23.5 Å². The minimum Gasteiger partial charge on any atom is -0.756 e. The Morgan fingerprint density at radius 2 is 1.94 bits per heavy atom. The van der Waals surface area contributed by atoms with Gasteiger partial charge in [-0.3, -0.25) is 18.3 Å². The third kappa shape index (κ3) is 8.11. The summed E-state index contributed by atoms with van der Waals surface area (Å²) in [4.78, 5) is 60.6. The molecule has 1 aromatic rings. The number of aliphatic imine (C=N–C) groups is 1. The van der Waals surface area contributed by atoms with Gasteiger partial charge in [0.15, 0.2) is 17.5 Å². The molecule has 0 spiro atoms. The molecule has 1 aromatic heterocycles. The number of phosphoric ester groups is 1. The predicted octanol–water partition coefficient (Wildman–Crippen LogP) is -2.99. The van der Waals surface area contributed by atoms with Crippen molar-refractivity contribution in [2.75, 3.05) is 13.2 Å². The van der Waals surface area contributed by atoms with Crippen LogP contribution in [0.2, 0.25) is 0 Å². The Kier molecular flexibility index (Phi) is 8.01. The summed E-state index contributed by atoms with van der Waals surface area (Å²) in [6.07, 6.45) is 1.28. The monoisotopic (exact) mass is 518 g/mol. The molecule has 0 fully saturated rings. The fourth-order valence-electron chi connectivity index (χ4n) is 2.25. The number of rotatable bonds is 10. The lowest BCUT2D eigenvalue weighted by Gasteiger charge is -2.32. The van der Waals surface area contributed by atoms with Crippen molar-refractivity contribution in [2.45, 2.75) is 6.54 Å². The second-order valence-electron chi connectivity index (χ2n) is 5.87. The number of phosphoric acid groups is 3. The first-order valence-electron chi connectivity index (χ1n) is 8.02. The average molecular weight is 518 g/mol. The molecule has 1 aliphatic rings. The van der Waals surface area contributed by atoms with Crippen molar-refractivity contribution in [3.8, 4) is 0 Å². The van der Waals surface area contributed by atoms with Crippen LogP contribution in [0.15, 0.2) is 33.6 Å². The van der Waals surface area contributed by atoms with Gasteiger partial charge in [-0.2, -0.15) is 9.98 Å². The first-order valence-corrected chi connectivity index (χ1v) is 12.4. The molecule has 4 atom stereocenters. The molecule has 1 aliphatic heterocycles. The van der Waals surface area contributed by atoms with Crippen LogP contribution in [-0.2, 0) is 38.1 Å². The zero-order valence-corrected chi connectivity index (χ0v) is 18.3. The molecule has 18 nitrogen and oxygen atoms in total. The van der Waals surface area contributed by atoms with Crippen molar-refractivity contribution in [2.24, 2.45) is 22.4 Å². The van der Waals surface area contributed by atoms with Crippen molar-refractivity contribution >= 4 is 35.2 Å². The van der Waals surface area contributed by atoms with Gasteiger partial charge in [-0.15, -0.1) is 0 Å². The number of aliphatic hydroxyl groups excluding tert-OH is 1. The van der Waals surface area contributed by atoms with Crippen LogP contribution in [0.3, 0.4) is 0 Å². The van der Waals surface area contributed by atoms with Crippen LogP contribution in [0, 0.1) is 5.92 Å². The first kappa shape index (κ1) is 26.2. The molecule has 0 saturated heterocycles. The van der Waals surface area contributed by atoms with Crippen LogP contribution >= 0.6 is 23.5 Å². The molecule has 0 amide bonds. The zero-order chi connectivity index (χ0) is 24.3. The number of hydrogen-bond acceptors (Lipinski definition) is 14. The highest BCUT2D eigenvalue weighted by atomic mass is 31.3. The van der Waals surface area contributed by atoms with E-state index in [0.29, 0.717) is 0 Å². The predicted molar refractivity (Wildman–Crippen MR) is 96.2 cm³/mol. The normalized spacial score (nSPS) is 21.8. The Morgan fingerprint density at radius 3 is 2.50 bits per heavy atom. The largest absolute Gasteiger partial charge is 0.756 e. The van der Waals surface area contributed by atoms with Crippen molar-refractivity contribution in [3.05, 3.63) is 34.3 Å². The van der Waals surface area contributed by atoms with Gasteiger partial charge in [-0.25, -0.2) is 13.4 Å². The van der Waals surface area contributed by atoms with Gasteiger partial charge < -0.3 is 45.4 Å². The number of aliphatic hydroxyl groups is 1. The summed E-state index contributed by atoms with van der Waals surface area (Å²) >= 11 is 0. The van der Waals surface area contributed by atoms with Gasteiger partial charge in [-0.1, -0.05) is 0 Å². The molecule has 180 valence electrons. The lowest BCUT2D eigenvalue weighted by atomic mass is 10.1. The summed E-state index contributed by atoms with van der Waals surface area (Å²) in [5, 5.41) is 10.2. The smallest absolute Gasteiger partial charge is 0.349 e. The number of nitrogens with zero attached hydrogens (tertiary/aromatic N) is 3. The second-order valence-corrected chi connectivity index (χ2v) is 10.2. The van der Waals surface area contributed by atoms with Crippen molar-refractivity contribution < 1.29 is 56.3 Å². The third-order valence-corrected chi connectivity index (χ3v) is 7.08. The van der Waals surface area contributed by atoms with Gasteiger partial charge in [0.05, 0.1) is 12.5 Å². The molecular formula is C11H15N5O13P3-3. The number of ether oxygens (including phenoxy) is 1. The molecule has 0 aliphatic carbocycles. The van der Waals surface area contributed by atoms with Gasteiger partial charge in [0.1, 0.15) is 12.4 Å². The van der Waals surface area contributed by atoms with E-state index in [1.165, 1.54) is 12.3 Å². The maximum absolute atomic E-state index is 12.0. The second kappa shape index (κ2) is 9.80. The van der Waals surface area contributed by atoms with E-state index in [9.17, 15) is 38.3 Å². The molecular weight excluding hydrogens is 503 g/mol. The standard InChI is InChI=1S/C11H18N5O13P3/c12-10(13)14-8-1-2-16(11(18)15-8)3-6-4-26-7(9(6)17)5-27-31(22,23)29-32(24,25)28-30(19,20)21/h1-2,6,17H,3-5H2,(H,22,23)(H,24,25)(H2,19,20,21)(H4,12,13,14,15,18)/p-3. The fraction of sp³-hybridized carbons (Fsp3) is 0.364. The van der Waals surface area contributed by atoms with Crippen molar-refractivity contribution in [3.63, 3.8) is 0 Å². The summed E-state index contributed by atoms with van der Waals surface area (Å²) in [6, 6.07) is 1.31. The molecule has 2 rings (SSSR count). The number of hydrogen-bond donors (Lipinski definition) is 4. The molecule has 0 aromatic carbocycles. The lowest BCUT2D eigenvalue weighted by molar-refractivity contribution is -0.249. The lowest BCUT2D eigenvalue weighted by Crippen LogP contribution is -2.27. The Hall–Kier alpha value is -2.10. The maximum atomic E-state index is 12.0. The molecule has 4 unspecified atom stereocenters. The van der Waals surface area contributed by atoms with Gasteiger partial charge in [-0.05, 0) is 6.07 Å². The average Bonchev–Trinajstić information content (AvgIpc) is 2.92. The molecule has 0 radical (unpaired) electrons. The summed E-state index contributed by atoms with van der Waals surface area (Å²) in [5.74, 6) is -2.17. The van der Waals surface area contributed by atoms with Crippen molar-refractivity contribution in [1.29, 1.82) is 0 Å². The molecule has 21 heteroatoms. The number of aromatic nitrogens is 2. The molecule has 0 bridgehead atoms. The quantitative estimate of drug-likeness (QED) is 0.136. The van der Waals surface area contributed by atoms with Crippen molar-refractivity contribution in [1.82, 2.24) is 9.55 Å². The van der Waals surface area contributed by atoms with Crippen LogP contribution in [0.4, 0.5) is 5.82 Å². The van der Waals surface area contributed by atoms with E-state index in [1.807, 2.05) is 0 Å². The molecule has 2 heterocycles. The maximum Gasteiger partial charge on any atom is 0.349 e. The van der Waals surface area contributed by atoms with Crippen LogP contribution in [0.25, 0.3) is 0 Å². The first-order chi connectivity index (χ1) is 14.6. The highest BCUT2D eigenvalue weighted by molar-refractivity contribution is 7.65. The topological polar surface area (TPSA) is 297 Å².